The molecule has 1 aromatic rings. The van der Waals surface area contributed by atoms with Gasteiger partial charge in [-0.3, -0.25) is 9.59 Å². The number of quaternary nitrogens is 1. The lowest BCUT2D eigenvalue weighted by molar-refractivity contribution is -0.917. The Morgan fingerprint density at radius 1 is 1.22 bits per heavy atom. The summed E-state index contributed by atoms with van der Waals surface area (Å²) in [5.74, 6) is 0.585. The second-order valence-corrected chi connectivity index (χ2v) is 7.51. The van der Waals surface area contributed by atoms with E-state index in [1.54, 1.807) is 25.0 Å². The molecule has 1 N–H and O–H groups in total. The predicted molar refractivity (Wildman–Crippen MR) is 98.9 cm³/mol. The largest absolute Gasteiger partial charge is 0.496 e. The molecule has 0 aromatic heterocycles. The summed E-state index contributed by atoms with van der Waals surface area (Å²) in [7, 11) is 1.59. The average molecular weight is 378 g/mol. The van der Waals surface area contributed by atoms with Gasteiger partial charge >= 0.3 is 0 Å². The minimum atomic E-state index is -0.258. The fourth-order valence-electron chi connectivity index (χ4n) is 4.10. The van der Waals surface area contributed by atoms with Crippen molar-refractivity contribution in [1.29, 1.82) is 0 Å². The zero-order chi connectivity index (χ0) is 19.4. The molecule has 2 fully saturated rings. The maximum atomic E-state index is 13.6. The lowest BCUT2D eigenvalue weighted by Crippen LogP contribution is -3.13. The van der Waals surface area contributed by atoms with E-state index in [9.17, 15) is 14.0 Å². The third-order valence-electron chi connectivity index (χ3n) is 5.68. The second-order valence-electron chi connectivity index (χ2n) is 7.51. The van der Waals surface area contributed by atoms with E-state index < -0.39 is 0 Å². The van der Waals surface area contributed by atoms with E-state index in [4.69, 9.17) is 4.74 Å². The first kappa shape index (κ1) is 19.6. The normalized spacial score (nSPS) is 21.2. The molecule has 2 aliphatic heterocycles. The van der Waals surface area contributed by atoms with Crippen LogP contribution >= 0.6 is 0 Å². The van der Waals surface area contributed by atoms with Gasteiger partial charge in [0, 0.05) is 20.0 Å². The lowest BCUT2D eigenvalue weighted by Gasteiger charge is -2.37. The van der Waals surface area contributed by atoms with Crippen LogP contribution in [0.1, 0.15) is 25.3 Å². The second kappa shape index (κ2) is 8.69. The summed E-state index contributed by atoms with van der Waals surface area (Å²) in [4.78, 5) is 29.5. The molecule has 0 bridgehead atoms. The van der Waals surface area contributed by atoms with Crippen molar-refractivity contribution in [3.05, 3.63) is 29.6 Å². The molecule has 0 radical (unpaired) electrons. The summed E-state index contributed by atoms with van der Waals surface area (Å²) >= 11 is 0. The highest BCUT2D eigenvalue weighted by molar-refractivity contribution is 5.80. The van der Waals surface area contributed by atoms with E-state index in [0.717, 1.165) is 38.0 Å². The topological polar surface area (TPSA) is 54.3 Å². The standard InChI is InChI=1S/C20H28FN3O3/c1-15(25)24-7-3-4-16(14-24)20(26)23-10-8-22(9-11-23)13-17-12-18(21)5-6-19(17)27-2/h5-6,12,16H,3-4,7-11,13-14H2,1-2H3/p+1/t16-/m1/s1. The molecule has 0 aliphatic carbocycles. The van der Waals surface area contributed by atoms with Crippen LogP contribution in [0.25, 0.3) is 0 Å². The number of halogens is 1. The molecular formula is C20H29FN3O3+. The number of piperazine rings is 1. The van der Waals surface area contributed by atoms with Gasteiger partial charge < -0.3 is 19.4 Å². The first-order chi connectivity index (χ1) is 13.0. The molecule has 1 aromatic carbocycles. The number of nitrogens with one attached hydrogen (secondary N) is 1. The molecule has 2 heterocycles. The molecule has 0 spiro atoms. The van der Waals surface area contributed by atoms with Crippen molar-refractivity contribution in [3.8, 4) is 5.75 Å². The fraction of sp³-hybridized carbons (Fsp3) is 0.600. The van der Waals surface area contributed by atoms with Gasteiger partial charge in [-0.25, -0.2) is 4.39 Å². The Morgan fingerprint density at radius 3 is 2.63 bits per heavy atom. The molecule has 148 valence electrons. The molecular weight excluding hydrogens is 349 g/mol. The predicted octanol–water partition coefficient (Wildman–Crippen LogP) is 0.320. The van der Waals surface area contributed by atoms with Crippen molar-refractivity contribution in [2.45, 2.75) is 26.3 Å². The number of piperidine rings is 1. The van der Waals surface area contributed by atoms with E-state index in [1.807, 2.05) is 4.90 Å². The van der Waals surface area contributed by atoms with Crippen molar-refractivity contribution < 1.29 is 23.6 Å². The molecule has 1 atom stereocenters. The number of nitrogens with zero attached hydrogens (tertiary/aromatic N) is 2. The third kappa shape index (κ3) is 4.77. The maximum Gasteiger partial charge on any atom is 0.227 e. The lowest BCUT2D eigenvalue weighted by atomic mass is 9.96. The van der Waals surface area contributed by atoms with Gasteiger partial charge in [0.1, 0.15) is 18.1 Å². The van der Waals surface area contributed by atoms with Gasteiger partial charge in [-0.2, -0.15) is 0 Å². The Morgan fingerprint density at radius 2 is 1.96 bits per heavy atom. The molecule has 7 heteroatoms. The maximum absolute atomic E-state index is 13.6. The Balaban J connectivity index is 1.53. The Hall–Kier alpha value is -2.15. The molecule has 2 amide bonds. The summed E-state index contributed by atoms with van der Waals surface area (Å²) in [5, 5.41) is 0. The third-order valence-corrected chi connectivity index (χ3v) is 5.68. The quantitative estimate of drug-likeness (QED) is 0.821. The number of carbonyl (C=O) groups is 2. The van der Waals surface area contributed by atoms with Crippen LogP contribution in [-0.2, 0) is 16.1 Å². The number of methoxy groups -OCH3 is 1. The Kier molecular flexibility index (Phi) is 6.31. The first-order valence-electron chi connectivity index (χ1n) is 9.68. The molecule has 2 saturated heterocycles. The van der Waals surface area contributed by atoms with Crippen molar-refractivity contribution in [3.63, 3.8) is 0 Å². The van der Waals surface area contributed by atoms with Gasteiger partial charge in [0.25, 0.3) is 0 Å². The monoisotopic (exact) mass is 378 g/mol. The van der Waals surface area contributed by atoms with Crippen molar-refractivity contribution in [2.75, 3.05) is 46.4 Å². The molecule has 27 heavy (non-hydrogen) atoms. The van der Waals surface area contributed by atoms with Crippen molar-refractivity contribution >= 4 is 11.8 Å². The van der Waals surface area contributed by atoms with Crippen LogP contribution in [-0.4, -0.2) is 68.0 Å². The zero-order valence-electron chi connectivity index (χ0n) is 16.2. The van der Waals surface area contributed by atoms with E-state index >= 15 is 0 Å². The number of amides is 2. The van der Waals surface area contributed by atoms with E-state index in [0.29, 0.717) is 31.9 Å². The van der Waals surface area contributed by atoms with Gasteiger partial charge in [0.15, 0.2) is 0 Å². The van der Waals surface area contributed by atoms with Crippen LogP contribution in [0.2, 0.25) is 0 Å². The van der Waals surface area contributed by atoms with E-state index in [-0.39, 0.29) is 23.5 Å². The summed E-state index contributed by atoms with van der Waals surface area (Å²) in [5.41, 5.74) is 0.858. The highest BCUT2D eigenvalue weighted by Gasteiger charge is 2.32. The van der Waals surface area contributed by atoms with Crippen LogP contribution < -0.4 is 9.64 Å². The average Bonchev–Trinajstić information content (AvgIpc) is 2.68. The van der Waals surface area contributed by atoms with Gasteiger partial charge in [-0.05, 0) is 31.0 Å². The molecule has 6 nitrogen and oxygen atoms in total. The van der Waals surface area contributed by atoms with Gasteiger partial charge in [0.05, 0.1) is 44.8 Å². The van der Waals surface area contributed by atoms with Crippen molar-refractivity contribution in [1.82, 2.24) is 9.80 Å². The highest BCUT2D eigenvalue weighted by atomic mass is 19.1. The summed E-state index contributed by atoms with van der Waals surface area (Å²) in [6, 6.07) is 4.60. The SMILES string of the molecule is COc1ccc(F)cc1C[NH+]1CCN(C(=O)[C@@H]2CCCN(C(C)=O)C2)CC1. The molecule has 2 aliphatic rings. The van der Waals surface area contributed by atoms with Crippen LogP contribution in [0.5, 0.6) is 5.75 Å². The summed E-state index contributed by atoms with van der Waals surface area (Å²) < 4.78 is 18.9. The number of hydrogen-bond donors (Lipinski definition) is 1. The smallest absolute Gasteiger partial charge is 0.227 e. The molecule has 0 saturated carbocycles. The van der Waals surface area contributed by atoms with Gasteiger partial charge in [-0.15, -0.1) is 0 Å². The van der Waals surface area contributed by atoms with Gasteiger partial charge in [-0.1, -0.05) is 0 Å². The van der Waals surface area contributed by atoms with Crippen molar-refractivity contribution in [2.24, 2.45) is 5.92 Å². The van der Waals surface area contributed by atoms with E-state index in [2.05, 4.69) is 0 Å². The fourth-order valence-corrected chi connectivity index (χ4v) is 4.10. The number of rotatable bonds is 4. The Bertz CT molecular complexity index is 689. The number of ether oxygens (including phenoxy) is 1. The number of likely N-dealkylation sites (tertiary alicyclic amines) is 1. The minimum Gasteiger partial charge on any atom is -0.496 e. The number of hydrogen-bond acceptors (Lipinski definition) is 3. The van der Waals surface area contributed by atoms with Crippen LogP contribution in [0, 0.1) is 11.7 Å². The van der Waals surface area contributed by atoms with E-state index in [1.165, 1.54) is 17.0 Å². The zero-order valence-corrected chi connectivity index (χ0v) is 16.2. The Labute approximate surface area is 159 Å². The first-order valence-corrected chi connectivity index (χ1v) is 9.68. The van der Waals surface area contributed by atoms with Gasteiger partial charge in [0.2, 0.25) is 11.8 Å². The van der Waals surface area contributed by atoms with Crippen LogP contribution in [0.4, 0.5) is 4.39 Å². The number of carbonyl (C=O) groups excluding carboxylic acids is 2. The minimum absolute atomic E-state index is 0.0470. The molecule has 3 rings (SSSR count). The number of benzene rings is 1. The van der Waals surface area contributed by atoms with Crippen LogP contribution in [0.3, 0.4) is 0 Å². The molecule has 0 unspecified atom stereocenters. The van der Waals surface area contributed by atoms with Crippen LogP contribution in [0.15, 0.2) is 18.2 Å². The summed E-state index contributed by atoms with van der Waals surface area (Å²) in [6.45, 7) is 6.60. The summed E-state index contributed by atoms with van der Waals surface area (Å²) in [6.07, 6.45) is 1.75. The highest BCUT2D eigenvalue weighted by Crippen LogP contribution is 2.20.